The standard InChI is InChI=1S/C26H34F3N5O3.H2O4S/c1-17-3-4-21(31-25(36)34-6-5-19(15-34)14-26(27,28)29)13-22(17)20-11-23(30-18(2)16-35)32-24(12-20)33-7-9-37-10-8-33;1-5(2,3)4/h3-4,11-13,18-19,35H,5-10,14-16H2,1-2H3,(H,30,32)(H,31,36);(H2,1,2,3,4)/t18-,19+;/m1./s1. The summed E-state index contributed by atoms with van der Waals surface area (Å²) in [5, 5.41) is 15.6. The zero-order chi connectivity index (χ0) is 31.1. The third-order valence-corrected chi connectivity index (χ3v) is 6.71. The van der Waals surface area contributed by atoms with Crippen LogP contribution in [0.1, 0.15) is 25.3 Å². The van der Waals surface area contributed by atoms with Crippen LogP contribution in [-0.4, -0.2) is 96.8 Å². The fraction of sp³-hybridized carbons (Fsp3) is 0.538. The van der Waals surface area contributed by atoms with Crippen LogP contribution in [0.15, 0.2) is 30.3 Å². The molecule has 2 atom stereocenters. The number of nitrogens with one attached hydrogen (secondary N) is 2. The van der Waals surface area contributed by atoms with Crippen molar-refractivity contribution in [3.63, 3.8) is 0 Å². The molecule has 4 rings (SSSR count). The number of ether oxygens (including phenoxy) is 1. The van der Waals surface area contributed by atoms with Gasteiger partial charge in [0, 0.05) is 44.3 Å². The Balaban J connectivity index is 0.000000892. The normalized spacial score (nSPS) is 18.2. The molecular formula is C26H36F3N5O7S. The summed E-state index contributed by atoms with van der Waals surface area (Å²) in [6.45, 7) is 6.84. The number of morpholine rings is 1. The number of urea groups is 1. The Morgan fingerprint density at radius 1 is 1.17 bits per heavy atom. The topological polar surface area (TPSA) is 165 Å². The van der Waals surface area contributed by atoms with E-state index < -0.39 is 34.9 Å². The van der Waals surface area contributed by atoms with E-state index in [0.29, 0.717) is 50.8 Å². The minimum absolute atomic E-state index is 0.0420. The van der Waals surface area contributed by atoms with E-state index in [-0.39, 0.29) is 19.2 Å². The molecule has 0 aliphatic carbocycles. The number of amides is 2. The lowest BCUT2D eigenvalue weighted by Crippen LogP contribution is -2.37. The monoisotopic (exact) mass is 619 g/mol. The first-order chi connectivity index (χ1) is 19.6. The molecule has 2 fully saturated rings. The number of aryl methyl sites for hydroxylation is 1. The molecule has 234 valence electrons. The molecule has 0 spiro atoms. The van der Waals surface area contributed by atoms with Gasteiger partial charge in [-0.25, -0.2) is 9.78 Å². The minimum atomic E-state index is -4.67. The molecule has 16 heteroatoms. The number of carbonyl (C=O) groups excluding carboxylic acids is 1. The molecule has 0 bridgehead atoms. The Bertz CT molecular complexity index is 1320. The van der Waals surface area contributed by atoms with Crippen LogP contribution in [-0.2, 0) is 15.1 Å². The van der Waals surface area contributed by atoms with Gasteiger partial charge in [-0.05, 0) is 67.1 Å². The number of aromatic nitrogens is 1. The highest BCUT2D eigenvalue weighted by atomic mass is 32.3. The molecule has 2 amide bonds. The van der Waals surface area contributed by atoms with Crippen LogP contribution in [0.2, 0.25) is 0 Å². The number of aliphatic hydroxyl groups excluding tert-OH is 1. The number of benzene rings is 1. The van der Waals surface area contributed by atoms with E-state index in [0.717, 1.165) is 22.5 Å². The predicted octanol–water partition coefficient (Wildman–Crippen LogP) is 3.84. The molecule has 2 aliphatic heterocycles. The third kappa shape index (κ3) is 10.9. The number of carbonyl (C=O) groups is 1. The van der Waals surface area contributed by atoms with E-state index in [2.05, 4.69) is 15.5 Å². The summed E-state index contributed by atoms with van der Waals surface area (Å²) in [6, 6.07) is 8.88. The molecule has 3 heterocycles. The Labute approximate surface area is 242 Å². The van der Waals surface area contributed by atoms with Crippen LogP contribution >= 0.6 is 0 Å². The van der Waals surface area contributed by atoms with E-state index in [1.165, 1.54) is 4.90 Å². The summed E-state index contributed by atoms with van der Waals surface area (Å²) in [5.74, 6) is 0.846. The summed E-state index contributed by atoms with van der Waals surface area (Å²) < 4.78 is 75.3. The van der Waals surface area contributed by atoms with E-state index in [4.69, 9.17) is 27.2 Å². The molecule has 1 aromatic carbocycles. The van der Waals surface area contributed by atoms with Crippen LogP contribution in [0.3, 0.4) is 0 Å². The number of alkyl halides is 3. The first kappa shape index (κ1) is 33.3. The van der Waals surface area contributed by atoms with Gasteiger partial charge < -0.3 is 30.3 Å². The second-order valence-corrected chi connectivity index (χ2v) is 11.2. The summed E-state index contributed by atoms with van der Waals surface area (Å²) >= 11 is 0. The van der Waals surface area contributed by atoms with E-state index >= 15 is 0 Å². The number of rotatable bonds is 7. The van der Waals surface area contributed by atoms with Gasteiger partial charge in [0.05, 0.1) is 19.8 Å². The van der Waals surface area contributed by atoms with Crippen LogP contribution in [0.25, 0.3) is 11.1 Å². The largest absolute Gasteiger partial charge is 0.394 e. The molecule has 2 aliphatic rings. The van der Waals surface area contributed by atoms with E-state index in [9.17, 15) is 23.1 Å². The van der Waals surface area contributed by atoms with Crippen molar-refractivity contribution < 1.29 is 45.3 Å². The predicted molar refractivity (Wildman–Crippen MR) is 151 cm³/mol. The minimum Gasteiger partial charge on any atom is -0.394 e. The van der Waals surface area contributed by atoms with Gasteiger partial charge in [-0.2, -0.15) is 21.6 Å². The van der Waals surface area contributed by atoms with E-state index in [1.807, 2.05) is 38.1 Å². The smallest absolute Gasteiger partial charge is 0.394 e. The first-order valence-corrected chi connectivity index (χ1v) is 14.7. The van der Waals surface area contributed by atoms with Crippen molar-refractivity contribution in [2.75, 3.05) is 61.5 Å². The maximum atomic E-state index is 12.8. The lowest BCUT2D eigenvalue weighted by atomic mass is 10.00. The van der Waals surface area contributed by atoms with Crippen molar-refractivity contribution in [3.05, 3.63) is 35.9 Å². The number of hydrogen-bond donors (Lipinski definition) is 5. The molecule has 1 aromatic heterocycles. The van der Waals surface area contributed by atoms with Crippen molar-refractivity contribution in [1.29, 1.82) is 0 Å². The number of likely N-dealkylation sites (tertiary alicyclic amines) is 1. The third-order valence-electron chi connectivity index (χ3n) is 6.71. The van der Waals surface area contributed by atoms with Gasteiger partial charge in [-0.1, -0.05) is 6.07 Å². The lowest BCUT2D eigenvalue weighted by molar-refractivity contribution is -0.143. The van der Waals surface area contributed by atoms with E-state index in [1.54, 1.807) is 6.07 Å². The SMILES string of the molecule is Cc1ccc(NC(=O)N2CC[C@@H](CC(F)(F)F)C2)cc1-c1cc(N[C@H](C)CO)nc(N2CCOCC2)c1.O=S(=O)(O)O. The highest BCUT2D eigenvalue weighted by molar-refractivity contribution is 7.79. The number of hydrogen-bond acceptors (Lipinski definition) is 8. The number of aliphatic hydroxyl groups is 1. The number of anilines is 3. The Morgan fingerprint density at radius 2 is 1.83 bits per heavy atom. The Hall–Kier alpha value is -3.18. The fourth-order valence-electron chi connectivity index (χ4n) is 4.72. The first-order valence-electron chi connectivity index (χ1n) is 13.3. The Morgan fingerprint density at radius 3 is 2.45 bits per heavy atom. The van der Waals surface area contributed by atoms with Gasteiger partial charge >= 0.3 is 22.6 Å². The zero-order valence-electron chi connectivity index (χ0n) is 23.3. The molecule has 5 N–H and O–H groups in total. The van der Waals surface area contributed by atoms with Crippen molar-refractivity contribution >= 4 is 33.8 Å². The zero-order valence-corrected chi connectivity index (χ0v) is 24.1. The quantitative estimate of drug-likeness (QED) is 0.288. The fourth-order valence-corrected chi connectivity index (χ4v) is 4.72. The van der Waals surface area contributed by atoms with Crippen LogP contribution in [0, 0.1) is 12.8 Å². The van der Waals surface area contributed by atoms with Gasteiger partial charge in [0.15, 0.2) is 0 Å². The molecule has 2 aromatic rings. The molecule has 42 heavy (non-hydrogen) atoms. The molecule has 0 radical (unpaired) electrons. The van der Waals surface area contributed by atoms with Gasteiger partial charge in [0.1, 0.15) is 11.6 Å². The van der Waals surface area contributed by atoms with Gasteiger partial charge in [-0.3, -0.25) is 9.11 Å². The Kier molecular flexibility index (Phi) is 11.4. The average Bonchev–Trinajstić information content (AvgIpc) is 3.36. The van der Waals surface area contributed by atoms with Crippen molar-refractivity contribution in [2.45, 2.75) is 38.9 Å². The van der Waals surface area contributed by atoms with Crippen LogP contribution in [0.5, 0.6) is 0 Å². The highest BCUT2D eigenvalue weighted by Gasteiger charge is 2.36. The van der Waals surface area contributed by atoms with Crippen molar-refractivity contribution in [2.24, 2.45) is 5.92 Å². The second-order valence-electron chi connectivity index (χ2n) is 10.3. The molecule has 12 nitrogen and oxygen atoms in total. The summed E-state index contributed by atoms with van der Waals surface area (Å²) in [7, 11) is -4.67. The highest BCUT2D eigenvalue weighted by Crippen LogP contribution is 2.33. The maximum Gasteiger partial charge on any atom is 0.394 e. The van der Waals surface area contributed by atoms with Crippen molar-refractivity contribution in [3.8, 4) is 11.1 Å². The van der Waals surface area contributed by atoms with Gasteiger partial charge in [-0.15, -0.1) is 0 Å². The van der Waals surface area contributed by atoms with Crippen LogP contribution in [0.4, 0.5) is 35.3 Å². The lowest BCUT2D eigenvalue weighted by Gasteiger charge is -2.29. The molecule has 0 unspecified atom stereocenters. The number of pyridine rings is 1. The van der Waals surface area contributed by atoms with Crippen molar-refractivity contribution in [1.82, 2.24) is 9.88 Å². The molecular weight excluding hydrogens is 583 g/mol. The van der Waals surface area contributed by atoms with Crippen LogP contribution < -0.4 is 15.5 Å². The number of halogens is 3. The summed E-state index contributed by atoms with van der Waals surface area (Å²) in [5.41, 5.74) is 3.34. The summed E-state index contributed by atoms with van der Waals surface area (Å²) in [4.78, 5) is 21.1. The maximum absolute atomic E-state index is 12.8. The second kappa shape index (κ2) is 14.3. The molecule has 0 saturated carbocycles. The summed E-state index contributed by atoms with van der Waals surface area (Å²) in [6.07, 6.45) is -4.75. The molecule has 2 saturated heterocycles. The van der Waals surface area contributed by atoms with Gasteiger partial charge in [0.25, 0.3) is 0 Å². The number of nitrogens with zero attached hydrogens (tertiary/aromatic N) is 3. The van der Waals surface area contributed by atoms with Gasteiger partial charge in [0.2, 0.25) is 0 Å². The average molecular weight is 620 g/mol.